The van der Waals surface area contributed by atoms with Crippen LogP contribution in [0.1, 0.15) is 72.9 Å². The Hall–Kier alpha value is -13.8. The summed E-state index contributed by atoms with van der Waals surface area (Å²) in [5.74, 6) is -6.21. The number of hydrogen-bond donors (Lipinski definition) is 4. The molecule has 0 bridgehead atoms. The largest absolute Gasteiger partial charge is 0.435 e. The van der Waals surface area contributed by atoms with Crippen molar-refractivity contribution in [3.05, 3.63) is 274 Å². The minimum atomic E-state index is -5.15. The van der Waals surface area contributed by atoms with Crippen LogP contribution in [-0.2, 0) is 68.3 Å². The summed E-state index contributed by atoms with van der Waals surface area (Å²) in [4.78, 5) is 48.6. The van der Waals surface area contributed by atoms with Gasteiger partial charge in [0.15, 0.2) is 40.9 Å². The van der Waals surface area contributed by atoms with Gasteiger partial charge in [0, 0.05) is 54.6 Å². The number of nitrogens with one attached hydrogen (secondary N) is 3. The molecule has 10 aromatic heterocycles. The smallest absolute Gasteiger partial charge is 0.384 e. The number of rotatable bonds is 11. The number of benzene rings is 2. The van der Waals surface area contributed by atoms with Crippen LogP contribution in [0.5, 0.6) is 0 Å². The van der Waals surface area contributed by atoms with E-state index in [0.29, 0.717) is 12.4 Å². The Morgan fingerprint density at radius 2 is 0.710 bits per heavy atom. The van der Waals surface area contributed by atoms with E-state index in [1.54, 1.807) is 6.07 Å². The van der Waals surface area contributed by atoms with Crippen LogP contribution >= 0.6 is 15.9 Å². The molecule has 0 spiro atoms. The van der Waals surface area contributed by atoms with E-state index in [1.165, 1.54) is 23.4 Å². The quantitative estimate of drug-likeness (QED) is 0.0531. The summed E-state index contributed by atoms with van der Waals surface area (Å²) >= 11 is 3.11. The molecule has 0 radical (unpaired) electrons. The molecule has 5 N–H and O–H groups in total. The monoisotopic (exact) mass is 1890 g/mol. The number of aromatic nitrogens is 15. The third-order valence-corrected chi connectivity index (χ3v) is 14.8. The number of nitrogens with two attached hydrogens (primary N) is 1. The first-order chi connectivity index (χ1) is 56.8. The van der Waals surface area contributed by atoms with Crippen LogP contribution in [0.2, 0.25) is 0 Å². The Morgan fingerprint density at radius 1 is 0.387 bits per heavy atom. The van der Waals surface area contributed by atoms with E-state index in [1.807, 2.05) is 5.32 Å². The number of carbonyl (C=O) groups is 1. The van der Waals surface area contributed by atoms with Crippen molar-refractivity contribution < 1.29 is 164 Å². The molecule has 0 fully saturated rings. The molecule has 1 amide bonds. The number of amides is 1. The van der Waals surface area contributed by atoms with Crippen LogP contribution in [0.3, 0.4) is 0 Å². The van der Waals surface area contributed by atoms with Crippen molar-refractivity contribution in [1.29, 1.82) is 0 Å². The lowest BCUT2D eigenvalue weighted by molar-refractivity contribution is -0.389. The average Bonchev–Trinajstić information content (AvgIpc) is 1.66. The number of nitro groups is 2. The number of alkyl halides is 30. The van der Waals surface area contributed by atoms with Gasteiger partial charge in [-0.25, -0.2) is 51.2 Å². The van der Waals surface area contributed by atoms with Gasteiger partial charge in [-0.2, -0.15) is 157 Å². The molecule has 0 aliphatic carbocycles. The normalized spacial score (nSPS) is 12.2. The maximum atomic E-state index is 13.6. The third-order valence-electron chi connectivity index (χ3n) is 14.3. The number of halogens is 35. The first kappa shape index (κ1) is 97.3. The van der Waals surface area contributed by atoms with Crippen LogP contribution in [0.15, 0.2) is 163 Å². The van der Waals surface area contributed by atoms with Gasteiger partial charge in [0.25, 0.3) is 5.91 Å². The molecule has 25 nitrogen and oxygen atoms in total. The fourth-order valence-electron chi connectivity index (χ4n) is 8.87. The van der Waals surface area contributed by atoms with Crippen molar-refractivity contribution in [3.8, 4) is 22.7 Å². The van der Waals surface area contributed by atoms with Crippen LogP contribution in [-0.4, -0.2) is 90.0 Å². The zero-order valence-electron chi connectivity index (χ0n) is 58.7. The lowest BCUT2D eigenvalue weighted by Gasteiger charge is -2.11. The molecule has 12 rings (SSSR count). The van der Waals surface area contributed by atoms with Crippen molar-refractivity contribution in [2.45, 2.75) is 68.3 Å². The maximum Gasteiger partial charge on any atom is 0.435 e. The number of nitrogens with zero attached hydrogens (tertiary/aromatic N) is 16. The van der Waals surface area contributed by atoms with Gasteiger partial charge in [-0.05, 0) is 109 Å². The van der Waals surface area contributed by atoms with Crippen LogP contribution in [0.25, 0.3) is 22.7 Å². The van der Waals surface area contributed by atoms with E-state index in [-0.39, 0.29) is 95.8 Å². The SMILES string of the molecule is FC(F)(F)c1cc(C(F)(F)F)[nH]n1.Fc1cccc(F)c1CNc1ccc(-n2nc(C(F)(F)F)cc2C(F)(F)F)cn1.Nc1ccc(-n2nc(C(F)(F)F)cc2C(F)(F)F)cn1.O=C(Nc1ccc(-n2nc(C(F)(F)F)cc2C(F)(F)F)cn1)c1c(F)cccc1F.O=[N+]([O-])c1ccc(-n2nc(C(F)(F)F)cc2C(F)(F)F)cn1.O=[N+]([O-])c1ccc(Br)cn1. The Bertz CT molecular complexity index is 5610. The summed E-state index contributed by atoms with van der Waals surface area (Å²) in [6, 6.07) is 16.2. The van der Waals surface area contributed by atoms with Gasteiger partial charge in [0.2, 0.25) is 0 Å². The average molecular weight is 1890 g/mol. The van der Waals surface area contributed by atoms with Crippen LogP contribution in [0.4, 0.5) is 178 Å². The van der Waals surface area contributed by atoms with E-state index >= 15 is 0 Å². The molecule has 10 heterocycles. The van der Waals surface area contributed by atoms with E-state index in [9.17, 15) is 174 Å². The van der Waals surface area contributed by atoms with E-state index in [4.69, 9.17) is 5.73 Å². The highest BCUT2D eigenvalue weighted by Crippen LogP contribution is 2.42. The Kier molecular flexibility index (Phi) is 29.3. The molecule has 2 aromatic carbocycles. The number of anilines is 3. The molecule has 0 aliphatic rings. The molecule has 12 aromatic rings. The van der Waals surface area contributed by atoms with Gasteiger partial charge >= 0.3 is 73.4 Å². The second-order valence-electron chi connectivity index (χ2n) is 23.0. The first-order valence-electron chi connectivity index (χ1n) is 31.5. The van der Waals surface area contributed by atoms with Crippen LogP contribution in [0, 0.1) is 43.5 Å². The predicted molar refractivity (Wildman–Crippen MR) is 352 cm³/mol. The van der Waals surface area contributed by atoms with Gasteiger partial charge in [-0.3, -0.25) is 9.89 Å². The minimum Gasteiger partial charge on any atom is -0.384 e. The first-order valence-corrected chi connectivity index (χ1v) is 32.2. The van der Waals surface area contributed by atoms with E-state index in [0.717, 1.165) is 95.7 Å². The Balaban J connectivity index is 0.000000211. The van der Waals surface area contributed by atoms with Crippen molar-refractivity contribution in [2.75, 3.05) is 16.4 Å². The summed E-state index contributed by atoms with van der Waals surface area (Å²) in [6.07, 6.45) is -45.8. The highest BCUT2D eigenvalue weighted by Gasteiger charge is 2.47. The third kappa shape index (κ3) is 26.1. The van der Waals surface area contributed by atoms with E-state index in [2.05, 4.69) is 71.7 Å². The zero-order valence-corrected chi connectivity index (χ0v) is 60.3. The molecule has 124 heavy (non-hydrogen) atoms. The lowest BCUT2D eigenvalue weighted by Crippen LogP contribution is -2.17. The van der Waals surface area contributed by atoms with Gasteiger partial charge < -0.3 is 36.6 Å². The fourth-order valence-corrected chi connectivity index (χ4v) is 9.11. The Labute approximate surface area is 669 Å². The molecule has 0 saturated carbocycles. The topological polar surface area (TPSA) is 318 Å². The molecule has 664 valence electrons. The molecular weight excluding hydrogens is 1850 g/mol. The molecule has 0 unspecified atom stereocenters. The number of aromatic amines is 1. The number of pyridine rings is 5. The summed E-state index contributed by atoms with van der Waals surface area (Å²) in [6.45, 7) is -0.307. The molecule has 0 aliphatic heterocycles. The van der Waals surface area contributed by atoms with Crippen molar-refractivity contribution in [2.24, 2.45) is 0 Å². The molecule has 0 saturated heterocycles. The van der Waals surface area contributed by atoms with Gasteiger partial charge in [-0.1, -0.05) is 12.1 Å². The highest BCUT2D eigenvalue weighted by molar-refractivity contribution is 9.10. The summed E-state index contributed by atoms with van der Waals surface area (Å²) in [5.41, 5.74) is -14.0. The second-order valence-corrected chi connectivity index (χ2v) is 23.9. The number of nitrogen functional groups attached to an aromatic ring is 1. The van der Waals surface area contributed by atoms with E-state index < -0.39 is 180 Å². The van der Waals surface area contributed by atoms with Crippen molar-refractivity contribution in [3.63, 3.8) is 0 Å². The summed E-state index contributed by atoms with van der Waals surface area (Å²) in [5, 5.41) is 40.5. The number of carbonyl (C=O) groups excluding carboxylic acids is 1. The van der Waals surface area contributed by atoms with Gasteiger partial charge in [-0.15, -0.1) is 0 Å². The highest BCUT2D eigenvalue weighted by atomic mass is 79.9. The summed E-state index contributed by atoms with van der Waals surface area (Å²) in [7, 11) is 0. The van der Waals surface area contributed by atoms with Crippen LogP contribution < -0.4 is 16.4 Å². The number of hydrogen-bond acceptors (Lipinski definition) is 17. The van der Waals surface area contributed by atoms with Crippen molar-refractivity contribution >= 4 is 50.9 Å². The molecule has 0 atom stereocenters. The minimum absolute atomic E-state index is 0.00203. The summed E-state index contributed by atoms with van der Waals surface area (Å²) < 4.78 is 432. The molecular formula is C64H33BrF34N20O5. The van der Waals surface area contributed by atoms with Crippen molar-refractivity contribution in [1.82, 2.24) is 74.2 Å². The second kappa shape index (κ2) is 37.3. The number of H-pyrrole nitrogens is 1. The fraction of sp³-hybridized carbons (Fsp3) is 0.172. The standard InChI is InChI=1S/C17H8F8N4O.C17H10F8N4.C10H4F6N4O2.C10H6F6N4.C5H3BrN2O2.C5H2F6N2/c18-9-2-1-3-10(19)14(9)15(30)27-13-5-4-8(7-26-13)29-12(17(23,24)25)6-11(28-29)16(20,21)22;18-11-2-1-3-12(19)10(11)8-27-15-5-4-9(7-26-15)29-14(17(23,24)25)6-13(28-29)16(20,21)22;11-9(12,13)6-3-7(10(14,15)16)19(18-6)5-1-2-8(17-4-5)20(21)22;11-9(12,13)6-3-7(10(14,15)16)20(19-6)5-1-2-8(17)18-4-5;6-4-1-2-5(7-3-4)8(9)10;6-4(7,8)2-1-3(13-12-2)5(9,10)11/h1-7H,(H,26,27,30);1-7H,8H2,(H,26,27);1-4H;1-4H,(H2,17,18);1-3H;1H,(H,12,13). The predicted octanol–water partition coefficient (Wildman–Crippen LogP) is 20.3. The van der Waals surface area contributed by atoms with Gasteiger partial charge in [0.05, 0.1) is 40.1 Å². The maximum absolute atomic E-state index is 13.6. The zero-order chi connectivity index (χ0) is 93.3. The molecule has 60 heteroatoms. The lowest BCUT2D eigenvalue weighted by atomic mass is 10.2. The van der Waals surface area contributed by atoms with Gasteiger partial charge in [0.1, 0.15) is 80.4 Å². The Morgan fingerprint density at radius 3 is 0.984 bits per heavy atom.